The van der Waals surface area contributed by atoms with E-state index >= 15 is 0 Å². The van der Waals surface area contributed by atoms with Crippen molar-refractivity contribution in [1.29, 1.82) is 0 Å². The molecule has 0 radical (unpaired) electrons. The van der Waals surface area contributed by atoms with E-state index in [2.05, 4.69) is 4.98 Å². The number of fused-ring (bicyclic) bond motifs is 1. The van der Waals surface area contributed by atoms with Gasteiger partial charge in [-0.3, -0.25) is 18.5 Å². The van der Waals surface area contributed by atoms with Gasteiger partial charge >= 0.3 is 5.69 Å². The van der Waals surface area contributed by atoms with Crippen molar-refractivity contribution in [2.75, 3.05) is 13.2 Å². The SMILES string of the molecule is CCOc1nc2c(c(=O)n(CCCO)c(=O)n2C)n1Cc1ccccc1. The molecular weight excluding hydrogens is 336 g/mol. The molecule has 3 rings (SSSR count). The number of rotatable bonds is 7. The molecule has 1 aromatic carbocycles. The third kappa shape index (κ3) is 3.15. The van der Waals surface area contributed by atoms with Gasteiger partial charge in [0.05, 0.1) is 13.2 Å². The Bertz CT molecular complexity index is 1020. The van der Waals surface area contributed by atoms with Crippen molar-refractivity contribution in [3.63, 3.8) is 0 Å². The van der Waals surface area contributed by atoms with Crippen LogP contribution in [0.5, 0.6) is 6.01 Å². The molecule has 8 heteroatoms. The summed E-state index contributed by atoms with van der Waals surface area (Å²) in [5.41, 5.74) is 0.717. The summed E-state index contributed by atoms with van der Waals surface area (Å²) in [5.74, 6) is 0. The molecule has 0 saturated carbocycles. The molecule has 2 heterocycles. The molecule has 0 spiro atoms. The number of aryl methyl sites for hydroxylation is 1. The monoisotopic (exact) mass is 358 g/mol. The Morgan fingerprint density at radius 2 is 1.88 bits per heavy atom. The van der Waals surface area contributed by atoms with E-state index in [1.807, 2.05) is 37.3 Å². The van der Waals surface area contributed by atoms with E-state index in [1.54, 1.807) is 11.6 Å². The molecule has 0 atom stereocenters. The molecular formula is C18H22N4O4. The minimum Gasteiger partial charge on any atom is -0.465 e. The van der Waals surface area contributed by atoms with Crippen LogP contribution in [-0.4, -0.2) is 37.0 Å². The molecule has 0 aliphatic carbocycles. The van der Waals surface area contributed by atoms with Gasteiger partial charge in [0.2, 0.25) is 0 Å². The minimum atomic E-state index is -0.455. The van der Waals surface area contributed by atoms with Crippen LogP contribution in [-0.2, 0) is 20.1 Å². The number of imidazole rings is 1. The van der Waals surface area contributed by atoms with Crippen molar-refractivity contribution in [2.24, 2.45) is 7.05 Å². The molecule has 3 aromatic rings. The van der Waals surface area contributed by atoms with Crippen molar-refractivity contribution in [2.45, 2.75) is 26.4 Å². The first-order chi connectivity index (χ1) is 12.6. The van der Waals surface area contributed by atoms with Crippen LogP contribution in [0.25, 0.3) is 11.2 Å². The zero-order valence-corrected chi connectivity index (χ0v) is 14.9. The van der Waals surface area contributed by atoms with Crippen molar-refractivity contribution in [1.82, 2.24) is 18.7 Å². The van der Waals surface area contributed by atoms with Crippen molar-refractivity contribution in [3.8, 4) is 6.01 Å². The van der Waals surface area contributed by atoms with E-state index in [0.717, 1.165) is 10.1 Å². The largest absolute Gasteiger partial charge is 0.465 e. The van der Waals surface area contributed by atoms with Crippen LogP contribution in [0, 0.1) is 0 Å². The van der Waals surface area contributed by atoms with Gasteiger partial charge in [-0.05, 0) is 18.9 Å². The molecule has 0 unspecified atom stereocenters. The molecule has 0 aliphatic rings. The van der Waals surface area contributed by atoms with Crippen molar-refractivity contribution >= 4 is 11.2 Å². The molecule has 8 nitrogen and oxygen atoms in total. The zero-order chi connectivity index (χ0) is 18.7. The van der Waals surface area contributed by atoms with Crippen LogP contribution >= 0.6 is 0 Å². The predicted octanol–water partition coefficient (Wildman–Crippen LogP) is 0.726. The maximum atomic E-state index is 13.0. The number of aliphatic hydroxyl groups excluding tert-OH is 1. The molecule has 26 heavy (non-hydrogen) atoms. The Hall–Kier alpha value is -2.87. The number of nitrogens with zero attached hydrogens (tertiary/aromatic N) is 4. The van der Waals surface area contributed by atoms with Crippen LogP contribution in [0.2, 0.25) is 0 Å². The Kier molecular flexibility index (Phi) is 5.22. The number of benzene rings is 1. The Morgan fingerprint density at radius 3 is 2.54 bits per heavy atom. The molecule has 1 N–H and O–H groups in total. The quantitative estimate of drug-likeness (QED) is 0.672. The van der Waals surface area contributed by atoms with E-state index in [-0.39, 0.29) is 13.2 Å². The van der Waals surface area contributed by atoms with Crippen LogP contribution in [0.1, 0.15) is 18.9 Å². The third-order valence-electron chi connectivity index (χ3n) is 4.19. The second-order valence-electron chi connectivity index (χ2n) is 5.95. The standard InChI is InChI=1S/C18H22N4O4/c1-3-26-17-19-15-14(22(17)12-13-8-5-4-6-9-13)16(24)21(10-7-11-23)18(25)20(15)2/h4-6,8-9,23H,3,7,10-12H2,1-2H3. The molecule has 0 fully saturated rings. The van der Waals surface area contributed by atoms with Crippen LogP contribution in [0.3, 0.4) is 0 Å². The fourth-order valence-corrected chi connectivity index (χ4v) is 2.93. The summed E-state index contributed by atoms with van der Waals surface area (Å²) >= 11 is 0. The fraction of sp³-hybridized carbons (Fsp3) is 0.389. The number of aliphatic hydroxyl groups is 1. The highest BCUT2D eigenvalue weighted by Crippen LogP contribution is 2.19. The highest BCUT2D eigenvalue weighted by molar-refractivity contribution is 5.72. The third-order valence-corrected chi connectivity index (χ3v) is 4.19. The number of hydrogen-bond acceptors (Lipinski definition) is 5. The second kappa shape index (κ2) is 7.57. The van der Waals surface area contributed by atoms with Gasteiger partial charge in [-0.25, -0.2) is 4.79 Å². The minimum absolute atomic E-state index is 0.0961. The first-order valence-corrected chi connectivity index (χ1v) is 8.56. The molecule has 0 amide bonds. The highest BCUT2D eigenvalue weighted by atomic mass is 16.5. The summed E-state index contributed by atoms with van der Waals surface area (Å²) in [6.07, 6.45) is 0.325. The van der Waals surface area contributed by atoms with E-state index in [0.29, 0.717) is 36.7 Å². The summed E-state index contributed by atoms with van der Waals surface area (Å²) in [6.45, 7) is 2.69. The lowest BCUT2D eigenvalue weighted by atomic mass is 10.2. The normalized spacial score (nSPS) is 11.2. The van der Waals surface area contributed by atoms with E-state index in [9.17, 15) is 9.59 Å². The summed E-state index contributed by atoms with van der Waals surface area (Å²) in [4.78, 5) is 29.9. The van der Waals surface area contributed by atoms with Gasteiger partial charge < -0.3 is 9.84 Å². The van der Waals surface area contributed by atoms with Crippen LogP contribution < -0.4 is 16.0 Å². The van der Waals surface area contributed by atoms with Gasteiger partial charge in [0.15, 0.2) is 11.2 Å². The molecule has 138 valence electrons. The molecule has 0 bridgehead atoms. The highest BCUT2D eigenvalue weighted by Gasteiger charge is 2.21. The summed E-state index contributed by atoms with van der Waals surface area (Å²) < 4.78 is 9.79. The van der Waals surface area contributed by atoms with Crippen molar-refractivity contribution in [3.05, 3.63) is 56.7 Å². The van der Waals surface area contributed by atoms with Gasteiger partial charge in [0.25, 0.3) is 11.6 Å². The Labute approximate surface area is 149 Å². The predicted molar refractivity (Wildman–Crippen MR) is 97.6 cm³/mol. The van der Waals surface area contributed by atoms with Gasteiger partial charge in [-0.2, -0.15) is 4.98 Å². The maximum absolute atomic E-state index is 13.0. The Morgan fingerprint density at radius 1 is 1.15 bits per heavy atom. The number of ether oxygens (including phenoxy) is 1. The average molecular weight is 358 g/mol. The van der Waals surface area contributed by atoms with E-state index in [1.165, 1.54) is 4.57 Å². The van der Waals surface area contributed by atoms with Gasteiger partial charge in [0, 0.05) is 20.2 Å². The first-order valence-electron chi connectivity index (χ1n) is 8.56. The molecule has 0 saturated heterocycles. The lowest BCUT2D eigenvalue weighted by molar-refractivity contribution is 0.277. The van der Waals surface area contributed by atoms with Gasteiger partial charge in [0.1, 0.15) is 0 Å². The van der Waals surface area contributed by atoms with Crippen LogP contribution in [0.15, 0.2) is 39.9 Å². The van der Waals surface area contributed by atoms with E-state index in [4.69, 9.17) is 9.84 Å². The first kappa shape index (κ1) is 17.9. The van der Waals surface area contributed by atoms with Crippen molar-refractivity contribution < 1.29 is 9.84 Å². The number of aromatic nitrogens is 4. The average Bonchev–Trinajstić information content (AvgIpc) is 3.00. The zero-order valence-electron chi connectivity index (χ0n) is 14.9. The molecule has 2 aromatic heterocycles. The summed E-state index contributed by atoms with van der Waals surface area (Å²) in [6, 6.07) is 9.97. The second-order valence-corrected chi connectivity index (χ2v) is 5.95. The lowest BCUT2D eigenvalue weighted by Gasteiger charge is -2.10. The van der Waals surface area contributed by atoms with E-state index < -0.39 is 11.2 Å². The summed E-state index contributed by atoms with van der Waals surface area (Å²) in [7, 11) is 1.58. The number of hydrogen-bond donors (Lipinski definition) is 1. The van der Waals surface area contributed by atoms with Crippen LogP contribution in [0.4, 0.5) is 0 Å². The Balaban J connectivity index is 2.26. The maximum Gasteiger partial charge on any atom is 0.332 e. The fourth-order valence-electron chi connectivity index (χ4n) is 2.93. The summed E-state index contributed by atoms with van der Waals surface area (Å²) in [5, 5.41) is 9.05. The molecule has 0 aliphatic heterocycles. The van der Waals surface area contributed by atoms with Gasteiger partial charge in [-0.1, -0.05) is 30.3 Å². The van der Waals surface area contributed by atoms with Gasteiger partial charge in [-0.15, -0.1) is 0 Å². The topological polar surface area (TPSA) is 91.3 Å². The smallest absolute Gasteiger partial charge is 0.332 e. The lowest BCUT2D eigenvalue weighted by Crippen LogP contribution is -2.39.